The second-order valence-corrected chi connectivity index (χ2v) is 14.1. The first-order valence-electron chi connectivity index (χ1n) is 17.7. The van der Waals surface area contributed by atoms with Crippen LogP contribution in [0.15, 0.2) is 66.7 Å². The molecule has 2 aliphatic rings. The van der Waals surface area contributed by atoms with Gasteiger partial charge in [-0.2, -0.15) is 0 Å². The zero-order valence-corrected chi connectivity index (χ0v) is 29.1. The second kappa shape index (κ2) is 16.1. The van der Waals surface area contributed by atoms with Gasteiger partial charge in [-0.05, 0) is 80.0 Å². The number of aromatic nitrogens is 3. The number of hydrogen-bond acceptors (Lipinski definition) is 9. The summed E-state index contributed by atoms with van der Waals surface area (Å²) in [6.07, 6.45) is 4.36. The maximum Gasteiger partial charge on any atom is 0.253 e. The Bertz CT molecular complexity index is 1860. The van der Waals surface area contributed by atoms with E-state index in [-0.39, 0.29) is 11.8 Å². The molecule has 4 heterocycles. The average molecular weight is 696 g/mol. The van der Waals surface area contributed by atoms with Crippen LogP contribution in [0.1, 0.15) is 46.4 Å². The van der Waals surface area contributed by atoms with Gasteiger partial charge in [-0.25, -0.2) is 9.97 Å². The molecule has 7 rings (SSSR count). The van der Waals surface area contributed by atoms with E-state index in [2.05, 4.69) is 20.2 Å². The largest absolute Gasteiger partial charge is 0.378 e. The Labute approximate surface area is 296 Å². The topological polar surface area (TPSA) is 139 Å². The van der Waals surface area contributed by atoms with Crippen LogP contribution in [-0.4, -0.2) is 97.4 Å². The molecule has 12 heteroatoms. The van der Waals surface area contributed by atoms with E-state index in [0.29, 0.717) is 56.9 Å². The summed E-state index contributed by atoms with van der Waals surface area (Å²) >= 11 is 1.65. The van der Waals surface area contributed by atoms with E-state index in [4.69, 9.17) is 20.2 Å². The Hall–Kier alpha value is -4.36. The lowest BCUT2D eigenvalue weighted by molar-refractivity contribution is 0.0511. The van der Waals surface area contributed by atoms with Crippen molar-refractivity contribution in [3.63, 3.8) is 0 Å². The number of imidazole rings is 1. The van der Waals surface area contributed by atoms with Crippen LogP contribution in [0.3, 0.4) is 0 Å². The Morgan fingerprint density at radius 2 is 1.52 bits per heavy atom. The maximum atomic E-state index is 13.4. The van der Waals surface area contributed by atoms with Gasteiger partial charge in [0.15, 0.2) is 5.13 Å². The molecule has 0 atom stereocenters. The third-order valence-electron chi connectivity index (χ3n) is 9.90. The molecule has 3 aromatic carbocycles. The van der Waals surface area contributed by atoms with Gasteiger partial charge in [-0.1, -0.05) is 35.6 Å². The van der Waals surface area contributed by atoms with Gasteiger partial charge in [0.25, 0.3) is 11.8 Å². The molecular weight excluding hydrogens is 651 g/mol. The van der Waals surface area contributed by atoms with Crippen LogP contribution < -0.4 is 16.0 Å². The first-order valence-corrected chi connectivity index (χ1v) is 18.5. The molecule has 11 nitrogen and oxygen atoms in total. The van der Waals surface area contributed by atoms with Gasteiger partial charge in [0.2, 0.25) is 0 Å². The van der Waals surface area contributed by atoms with Crippen molar-refractivity contribution in [2.45, 2.75) is 25.7 Å². The van der Waals surface area contributed by atoms with Crippen LogP contribution in [0, 0.1) is 11.8 Å². The number of amides is 2. The standard InChI is InChI=1S/C38H45N7O4S/c39-15-21-48-23-24-49-22-16-40-36(46)30-9-10-33-34(25-30)50-38(43-33)45-19-13-27(14-20-45)26-11-17-44(18-12-26)37(47)29-7-5-28(6-8-29)35-41-31-3-1-2-4-32(31)42-35/h1-10,25-27H,11-24,39H2,(H,40,46)(H,41,42). The Morgan fingerprint density at radius 3 is 2.26 bits per heavy atom. The molecule has 2 amide bonds. The van der Waals surface area contributed by atoms with Crippen molar-refractivity contribution in [2.75, 3.05) is 70.6 Å². The summed E-state index contributed by atoms with van der Waals surface area (Å²) in [7, 11) is 0. The number of likely N-dealkylation sites (tertiary alicyclic amines) is 1. The van der Waals surface area contributed by atoms with Crippen LogP contribution in [0.25, 0.3) is 32.6 Å². The molecule has 0 bridgehead atoms. The third-order valence-corrected chi connectivity index (χ3v) is 11.0. The zero-order valence-electron chi connectivity index (χ0n) is 28.3. The quantitative estimate of drug-likeness (QED) is 0.141. The van der Waals surface area contributed by atoms with E-state index in [0.717, 1.165) is 95.2 Å². The molecule has 2 aliphatic heterocycles. The maximum absolute atomic E-state index is 13.4. The number of fused-ring (bicyclic) bond motifs is 2. The van der Waals surface area contributed by atoms with Gasteiger partial charge in [0.1, 0.15) is 5.82 Å². The number of aromatic amines is 1. The molecule has 2 saturated heterocycles. The number of nitrogens with zero attached hydrogens (tertiary/aromatic N) is 4. The van der Waals surface area contributed by atoms with Crippen LogP contribution >= 0.6 is 11.3 Å². The van der Waals surface area contributed by atoms with Crippen molar-refractivity contribution in [1.29, 1.82) is 0 Å². The minimum Gasteiger partial charge on any atom is -0.378 e. The summed E-state index contributed by atoms with van der Waals surface area (Å²) in [5.74, 6) is 2.12. The molecule has 2 fully saturated rings. The lowest BCUT2D eigenvalue weighted by Gasteiger charge is -2.40. The van der Waals surface area contributed by atoms with Gasteiger partial charge in [0, 0.05) is 56.0 Å². The highest BCUT2D eigenvalue weighted by Crippen LogP contribution is 2.37. The van der Waals surface area contributed by atoms with E-state index in [9.17, 15) is 9.59 Å². The molecule has 4 N–H and O–H groups in total. The van der Waals surface area contributed by atoms with Crippen LogP contribution in [0.2, 0.25) is 0 Å². The summed E-state index contributed by atoms with van der Waals surface area (Å²) in [5, 5.41) is 3.95. The Morgan fingerprint density at radius 1 is 0.820 bits per heavy atom. The summed E-state index contributed by atoms with van der Waals surface area (Å²) in [6, 6.07) is 21.5. The number of anilines is 1. The number of benzene rings is 3. The first kappa shape index (κ1) is 34.1. The third kappa shape index (κ3) is 7.99. The molecule has 0 radical (unpaired) electrons. The molecule has 5 aromatic rings. The van der Waals surface area contributed by atoms with Crippen molar-refractivity contribution in [3.05, 3.63) is 77.9 Å². The van der Waals surface area contributed by atoms with Gasteiger partial charge >= 0.3 is 0 Å². The lowest BCUT2D eigenvalue weighted by atomic mass is 9.79. The number of ether oxygens (including phenoxy) is 2. The summed E-state index contributed by atoms with van der Waals surface area (Å²) in [6.45, 7) is 6.42. The number of piperidine rings is 2. The predicted octanol–water partition coefficient (Wildman–Crippen LogP) is 5.33. The molecule has 0 saturated carbocycles. The molecule has 2 aromatic heterocycles. The van der Waals surface area contributed by atoms with Crippen LogP contribution in [-0.2, 0) is 9.47 Å². The fourth-order valence-corrected chi connectivity index (χ4v) is 8.17. The lowest BCUT2D eigenvalue weighted by Crippen LogP contribution is -2.42. The van der Waals surface area contributed by atoms with Crippen molar-refractivity contribution >= 4 is 49.5 Å². The van der Waals surface area contributed by atoms with Crippen molar-refractivity contribution in [3.8, 4) is 11.4 Å². The van der Waals surface area contributed by atoms with Crippen molar-refractivity contribution in [1.82, 2.24) is 25.2 Å². The van der Waals surface area contributed by atoms with E-state index in [1.807, 2.05) is 71.6 Å². The minimum absolute atomic E-state index is 0.111. The zero-order chi connectivity index (χ0) is 34.3. The second-order valence-electron chi connectivity index (χ2n) is 13.1. The molecule has 0 aliphatic carbocycles. The molecule has 262 valence electrons. The van der Waals surface area contributed by atoms with Crippen molar-refractivity contribution < 1.29 is 19.1 Å². The number of thiazole rings is 1. The number of rotatable bonds is 13. The van der Waals surface area contributed by atoms with E-state index >= 15 is 0 Å². The highest BCUT2D eigenvalue weighted by atomic mass is 32.1. The van der Waals surface area contributed by atoms with E-state index in [1.54, 1.807) is 11.3 Å². The summed E-state index contributed by atoms with van der Waals surface area (Å²) in [5.41, 5.74) is 10.6. The number of carbonyl (C=O) groups is 2. The first-order chi connectivity index (χ1) is 24.6. The average Bonchev–Trinajstić information content (AvgIpc) is 3.80. The number of para-hydroxylation sites is 2. The molecule has 50 heavy (non-hydrogen) atoms. The highest BCUT2D eigenvalue weighted by Gasteiger charge is 2.32. The molecule has 0 unspecified atom stereocenters. The fraction of sp³-hybridized carbons (Fsp3) is 0.421. The SMILES string of the molecule is NCCOCCOCCNC(=O)c1ccc2nc(N3CCC(C4CCN(C(=O)c5ccc(-c6nc7ccccc7[nH]6)cc5)CC4)CC3)sc2c1. The number of H-pyrrole nitrogens is 1. The summed E-state index contributed by atoms with van der Waals surface area (Å²) < 4.78 is 11.8. The van der Waals surface area contributed by atoms with Gasteiger partial charge in [0.05, 0.1) is 47.7 Å². The van der Waals surface area contributed by atoms with Gasteiger partial charge in [-0.3, -0.25) is 9.59 Å². The number of hydrogen-bond donors (Lipinski definition) is 3. The smallest absolute Gasteiger partial charge is 0.253 e. The Balaban J connectivity index is 0.852. The normalized spacial score (nSPS) is 16.0. The minimum atomic E-state index is -0.116. The monoisotopic (exact) mass is 695 g/mol. The molecular formula is C38H45N7O4S. The Kier molecular flexibility index (Phi) is 11.0. The highest BCUT2D eigenvalue weighted by molar-refractivity contribution is 7.22. The van der Waals surface area contributed by atoms with Gasteiger partial charge in [-0.15, -0.1) is 0 Å². The molecule has 0 spiro atoms. The van der Waals surface area contributed by atoms with Crippen LogP contribution in [0.5, 0.6) is 0 Å². The van der Waals surface area contributed by atoms with Crippen LogP contribution in [0.4, 0.5) is 5.13 Å². The van der Waals surface area contributed by atoms with E-state index < -0.39 is 0 Å². The van der Waals surface area contributed by atoms with Gasteiger partial charge < -0.3 is 35.3 Å². The fourth-order valence-electron chi connectivity index (χ4n) is 7.11. The summed E-state index contributed by atoms with van der Waals surface area (Å²) in [4.78, 5) is 43.4. The van der Waals surface area contributed by atoms with E-state index in [1.165, 1.54) is 0 Å². The van der Waals surface area contributed by atoms with Crippen molar-refractivity contribution in [2.24, 2.45) is 17.6 Å². The number of nitrogens with two attached hydrogens (primary N) is 1. The predicted molar refractivity (Wildman–Crippen MR) is 198 cm³/mol. The number of nitrogens with one attached hydrogen (secondary N) is 2. The number of carbonyl (C=O) groups excluding carboxylic acids is 2.